The van der Waals surface area contributed by atoms with Gasteiger partial charge in [0.15, 0.2) is 5.78 Å². The molecule has 5 rings (SSSR count). The molecule has 0 spiro atoms. The van der Waals surface area contributed by atoms with Crippen molar-refractivity contribution in [2.45, 2.75) is 61.7 Å². The Kier molecular flexibility index (Phi) is 6.46. The topological polar surface area (TPSA) is 46.6 Å². The van der Waals surface area contributed by atoms with Crippen LogP contribution < -0.4 is 9.64 Å². The molecule has 1 atom stereocenters. The molecule has 3 aromatic rings. The Labute approximate surface area is 205 Å². The van der Waals surface area contributed by atoms with E-state index in [0.717, 1.165) is 70.1 Å². The highest BCUT2D eigenvalue weighted by atomic mass is 32.2. The maximum atomic E-state index is 13.0. The molecule has 5 heteroatoms. The lowest BCUT2D eigenvalue weighted by atomic mass is 9.92. The van der Waals surface area contributed by atoms with Crippen molar-refractivity contribution < 1.29 is 14.3 Å². The van der Waals surface area contributed by atoms with E-state index < -0.39 is 5.92 Å². The quantitative estimate of drug-likeness (QED) is 0.193. The number of unbranched alkanes of at least 4 members (excludes halogenated alkanes) is 2. The Balaban J connectivity index is 1.60. The van der Waals surface area contributed by atoms with Crippen molar-refractivity contribution in [1.29, 1.82) is 0 Å². The standard InChI is InChI=1S/C29H29NO3S/c1-3-5-13-24(31)19-15-16-22-26(18-19)34-28-21(11-9-12-23(28)30(22)17-6-4-2)27-20-10-7-8-14-25(20)33-29(27)32/h7-12,14-16,18,27H,3-6,13,17H2,1-2H3. The van der Waals surface area contributed by atoms with E-state index in [1.807, 2.05) is 48.5 Å². The van der Waals surface area contributed by atoms with E-state index in [1.165, 1.54) is 0 Å². The van der Waals surface area contributed by atoms with Crippen LogP contribution in [0.15, 0.2) is 70.5 Å². The van der Waals surface area contributed by atoms with E-state index >= 15 is 0 Å². The fraction of sp³-hybridized carbons (Fsp3) is 0.310. The fourth-order valence-corrected chi connectivity index (χ4v) is 6.04. The number of ether oxygens (including phenoxy) is 1. The Morgan fingerprint density at radius 3 is 2.56 bits per heavy atom. The van der Waals surface area contributed by atoms with E-state index in [0.29, 0.717) is 12.2 Å². The van der Waals surface area contributed by atoms with Gasteiger partial charge in [-0.3, -0.25) is 9.59 Å². The van der Waals surface area contributed by atoms with Gasteiger partial charge in [-0.05, 0) is 48.7 Å². The zero-order valence-electron chi connectivity index (χ0n) is 19.7. The number of rotatable bonds is 8. The predicted octanol–water partition coefficient (Wildman–Crippen LogP) is 7.51. The SMILES string of the molecule is CCCCC(=O)c1ccc2c(c1)Sc1c(C3C(=O)Oc4ccccc43)cccc1N2CCCC. The molecule has 0 amide bonds. The summed E-state index contributed by atoms with van der Waals surface area (Å²) in [5.41, 5.74) is 4.89. The summed E-state index contributed by atoms with van der Waals surface area (Å²) in [6, 6.07) is 20.0. The molecule has 2 aliphatic heterocycles. The van der Waals surface area contributed by atoms with Gasteiger partial charge < -0.3 is 9.64 Å². The number of esters is 1. The van der Waals surface area contributed by atoms with E-state index in [9.17, 15) is 9.59 Å². The van der Waals surface area contributed by atoms with E-state index in [2.05, 4.69) is 30.9 Å². The summed E-state index contributed by atoms with van der Waals surface area (Å²) >= 11 is 1.66. The van der Waals surface area contributed by atoms with Gasteiger partial charge in [0, 0.05) is 33.9 Å². The highest BCUT2D eigenvalue weighted by Gasteiger charge is 2.38. The molecule has 0 fully saturated rings. The van der Waals surface area contributed by atoms with Crippen LogP contribution in [0.4, 0.5) is 11.4 Å². The summed E-state index contributed by atoms with van der Waals surface area (Å²) in [7, 11) is 0. The van der Waals surface area contributed by atoms with Gasteiger partial charge in [0.2, 0.25) is 0 Å². The van der Waals surface area contributed by atoms with Gasteiger partial charge in [0.1, 0.15) is 11.7 Å². The molecule has 4 nitrogen and oxygen atoms in total. The second kappa shape index (κ2) is 9.67. The van der Waals surface area contributed by atoms with Gasteiger partial charge in [-0.25, -0.2) is 0 Å². The van der Waals surface area contributed by atoms with Crippen molar-refractivity contribution in [3.05, 3.63) is 77.4 Å². The minimum Gasteiger partial charge on any atom is -0.425 e. The first-order valence-corrected chi connectivity index (χ1v) is 13.0. The molecule has 1 unspecified atom stereocenters. The first kappa shape index (κ1) is 22.7. The Morgan fingerprint density at radius 1 is 0.941 bits per heavy atom. The molecule has 0 bridgehead atoms. The smallest absolute Gasteiger partial charge is 0.323 e. The lowest BCUT2D eigenvalue weighted by Gasteiger charge is -2.34. The van der Waals surface area contributed by atoms with Crippen LogP contribution in [0.1, 0.15) is 73.4 Å². The number of anilines is 2. The van der Waals surface area contributed by atoms with Gasteiger partial charge in [0.25, 0.3) is 0 Å². The molecule has 2 heterocycles. The lowest BCUT2D eigenvalue weighted by molar-refractivity contribution is -0.133. The van der Waals surface area contributed by atoms with Crippen LogP contribution in [0.2, 0.25) is 0 Å². The monoisotopic (exact) mass is 471 g/mol. The number of benzene rings is 3. The van der Waals surface area contributed by atoms with Gasteiger partial charge in [0.05, 0.1) is 11.4 Å². The summed E-state index contributed by atoms with van der Waals surface area (Å²) in [5, 5.41) is 0. The van der Waals surface area contributed by atoms with Crippen molar-refractivity contribution in [3.8, 4) is 5.75 Å². The summed E-state index contributed by atoms with van der Waals surface area (Å²) in [5.74, 6) is 0.160. The Hall–Kier alpha value is -3.05. The average molecular weight is 472 g/mol. The minimum absolute atomic E-state index is 0.192. The molecular weight excluding hydrogens is 442 g/mol. The summed E-state index contributed by atoms with van der Waals surface area (Å²) in [6.45, 7) is 5.18. The summed E-state index contributed by atoms with van der Waals surface area (Å²) in [4.78, 5) is 30.2. The second-order valence-corrected chi connectivity index (χ2v) is 9.96. The van der Waals surface area contributed by atoms with Gasteiger partial charge in [-0.1, -0.05) is 68.8 Å². The molecule has 0 radical (unpaired) electrons. The van der Waals surface area contributed by atoms with Crippen molar-refractivity contribution in [3.63, 3.8) is 0 Å². The summed E-state index contributed by atoms with van der Waals surface area (Å²) < 4.78 is 5.61. The number of Topliss-reactive ketones (excluding diaryl/α,β-unsaturated/α-hetero) is 1. The molecule has 0 aromatic heterocycles. The van der Waals surface area contributed by atoms with Crippen LogP contribution in [-0.2, 0) is 4.79 Å². The normalized spacial score (nSPS) is 16.0. The van der Waals surface area contributed by atoms with Crippen LogP contribution in [-0.4, -0.2) is 18.3 Å². The molecule has 0 saturated heterocycles. The summed E-state index contributed by atoms with van der Waals surface area (Å²) in [6.07, 6.45) is 4.63. The van der Waals surface area contributed by atoms with Crippen molar-refractivity contribution in [2.24, 2.45) is 0 Å². The fourth-order valence-electron chi connectivity index (χ4n) is 4.76. The molecular formula is C29H29NO3S. The number of hydrogen-bond donors (Lipinski definition) is 0. The Morgan fingerprint density at radius 2 is 1.74 bits per heavy atom. The molecule has 3 aromatic carbocycles. The van der Waals surface area contributed by atoms with Gasteiger partial charge in [-0.2, -0.15) is 0 Å². The molecule has 0 saturated carbocycles. The number of carbonyl (C=O) groups is 2. The first-order chi connectivity index (χ1) is 16.6. The minimum atomic E-state index is -0.442. The van der Waals surface area contributed by atoms with Gasteiger partial charge in [-0.15, -0.1) is 0 Å². The van der Waals surface area contributed by atoms with Crippen LogP contribution in [0.3, 0.4) is 0 Å². The highest BCUT2D eigenvalue weighted by molar-refractivity contribution is 7.99. The van der Waals surface area contributed by atoms with Crippen LogP contribution in [0.5, 0.6) is 5.75 Å². The Bertz CT molecular complexity index is 1250. The van der Waals surface area contributed by atoms with Crippen molar-refractivity contribution in [1.82, 2.24) is 0 Å². The zero-order valence-corrected chi connectivity index (χ0v) is 20.5. The largest absolute Gasteiger partial charge is 0.425 e. The third-order valence-electron chi connectivity index (χ3n) is 6.58. The van der Waals surface area contributed by atoms with Crippen molar-refractivity contribution >= 4 is 34.9 Å². The van der Waals surface area contributed by atoms with Crippen molar-refractivity contribution in [2.75, 3.05) is 11.4 Å². The third kappa shape index (κ3) is 4.03. The molecule has 2 aliphatic rings. The number of hydrogen-bond acceptors (Lipinski definition) is 5. The second-order valence-electron chi connectivity index (χ2n) is 8.90. The molecule has 0 aliphatic carbocycles. The third-order valence-corrected chi connectivity index (χ3v) is 7.78. The van der Waals surface area contributed by atoms with E-state index in [4.69, 9.17) is 4.74 Å². The highest BCUT2D eigenvalue weighted by Crippen LogP contribution is 2.53. The molecule has 0 N–H and O–H groups in total. The number of carbonyl (C=O) groups excluding carboxylic acids is 2. The van der Waals surface area contributed by atoms with E-state index in [1.54, 1.807) is 11.8 Å². The first-order valence-electron chi connectivity index (χ1n) is 12.2. The average Bonchev–Trinajstić information content (AvgIpc) is 3.19. The van der Waals surface area contributed by atoms with Crippen LogP contribution in [0.25, 0.3) is 0 Å². The number of fused-ring (bicyclic) bond motifs is 3. The number of ketones is 1. The number of para-hydroxylation sites is 1. The lowest BCUT2D eigenvalue weighted by Crippen LogP contribution is -2.23. The number of nitrogens with zero attached hydrogens (tertiary/aromatic N) is 1. The predicted molar refractivity (Wildman–Crippen MR) is 137 cm³/mol. The zero-order chi connectivity index (χ0) is 23.7. The van der Waals surface area contributed by atoms with E-state index in [-0.39, 0.29) is 11.8 Å². The molecule has 174 valence electrons. The van der Waals surface area contributed by atoms with Crippen LogP contribution in [0, 0.1) is 0 Å². The van der Waals surface area contributed by atoms with Gasteiger partial charge >= 0.3 is 5.97 Å². The van der Waals surface area contributed by atoms with Crippen LogP contribution >= 0.6 is 11.8 Å². The maximum absolute atomic E-state index is 13.0. The maximum Gasteiger partial charge on any atom is 0.323 e. The molecule has 34 heavy (non-hydrogen) atoms.